The molecule has 0 aromatic heterocycles. The molecule has 16 heavy (non-hydrogen) atoms. The molecule has 1 aliphatic rings. The Kier molecular flexibility index (Phi) is 4.06. The van der Waals surface area contributed by atoms with Gasteiger partial charge in [-0.15, -0.1) is 0 Å². The summed E-state index contributed by atoms with van der Waals surface area (Å²) in [7, 11) is -5.48. The summed E-state index contributed by atoms with van der Waals surface area (Å²) >= 11 is 0. The van der Waals surface area contributed by atoms with Crippen LogP contribution in [0.2, 0.25) is 0 Å². The van der Waals surface area contributed by atoms with Gasteiger partial charge in [-0.1, -0.05) is 0 Å². The van der Waals surface area contributed by atoms with Crippen LogP contribution in [0.25, 0.3) is 0 Å². The maximum Gasteiger partial charge on any atom is 0.219 e. The molecular weight excluding hydrogens is 247 g/mol. The van der Waals surface area contributed by atoms with Crippen LogP contribution in [-0.2, 0) is 13.8 Å². The lowest BCUT2D eigenvalue weighted by Crippen LogP contribution is -2.48. The molecule has 0 aromatic carbocycles. The van der Waals surface area contributed by atoms with Crippen LogP contribution < -0.4 is 9.79 Å². The lowest BCUT2D eigenvalue weighted by Gasteiger charge is -2.36. The Balaban J connectivity index is 2.90. The van der Waals surface area contributed by atoms with E-state index in [1.165, 1.54) is 0 Å². The average Bonchev–Trinajstić information content (AvgIpc) is 2.41. The van der Waals surface area contributed by atoms with Crippen LogP contribution in [0, 0.1) is 0 Å². The van der Waals surface area contributed by atoms with Gasteiger partial charge < -0.3 is 44.0 Å². The minimum atomic E-state index is -5.48. The molecule has 1 heterocycles. The normalized spacial score (nSPS) is 40.2. The number of hydrogen-bond donors (Lipinski definition) is 4. The van der Waals surface area contributed by atoms with Gasteiger partial charge in [-0.25, -0.2) is 0 Å². The van der Waals surface area contributed by atoms with E-state index in [2.05, 4.69) is 9.26 Å². The van der Waals surface area contributed by atoms with Crippen LogP contribution in [0.1, 0.15) is 0 Å². The Morgan fingerprint density at radius 1 is 1.44 bits per heavy atom. The van der Waals surface area contributed by atoms with Crippen LogP contribution in [0.3, 0.4) is 0 Å². The zero-order chi connectivity index (χ0) is 12.6. The fourth-order valence-electron chi connectivity index (χ4n) is 1.42. The summed E-state index contributed by atoms with van der Waals surface area (Å²) in [5.41, 5.74) is 0. The summed E-state index contributed by atoms with van der Waals surface area (Å²) in [5, 5.41) is 36.4. The molecular formula is C6H11O9P-2. The van der Waals surface area contributed by atoms with Crippen molar-refractivity contribution in [2.24, 2.45) is 0 Å². The molecule has 0 spiro atoms. The minimum Gasteiger partial charge on any atom is -0.790 e. The van der Waals surface area contributed by atoms with E-state index in [1.807, 2.05) is 0 Å². The zero-order valence-electron chi connectivity index (χ0n) is 7.92. The van der Waals surface area contributed by atoms with Crippen LogP contribution in [0.4, 0.5) is 0 Å². The van der Waals surface area contributed by atoms with Gasteiger partial charge in [0.15, 0.2) is 0 Å². The maximum absolute atomic E-state index is 10.4. The highest BCUT2D eigenvalue weighted by Gasteiger charge is 2.54. The van der Waals surface area contributed by atoms with Gasteiger partial charge in [-0.05, 0) is 0 Å². The van der Waals surface area contributed by atoms with Crippen molar-refractivity contribution >= 4 is 7.82 Å². The number of phosphoric ester groups is 1. The SMILES string of the molecule is O=P([O-])([O-])O[C@H]1[C@H](O)[C@@H](CO)OC1(O)CO. The van der Waals surface area contributed by atoms with Crippen molar-refractivity contribution in [1.82, 2.24) is 0 Å². The van der Waals surface area contributed by atoms with E-state index >= 15 is 0 Å². The van der Waals surface area contributed by atoms with Crippen molar-refractivity contribution < 1.29 is 44.0 Å². The summed E-state index contributed by atoms with van der Waals surface area (Å²) in [6.45, 7) is -1.85. The smallest absolute Gasteiger partial charge is 0.219 e. The third kappa shape index (κ3) is 2.77. The van der Waals surface area contributed by atoms with Gasteiger partial charge in [0.25, 0.3) is 0 Å². The monoisotopic (exact) mass is 258 g/mol. The fourth-order valence-corrected chi connectivity index (χ4v) is 1.98. The van der Waals surface area contributed by atoms with E-state index < -0.39 is 45.1 Å². The zero-order valence-corrected chi connectivity index (χ0v) is 8.82. The molecule has 0 radical (unpaired) electrons. The van der Waals surface area contributed by atoms with Crippen LogP contribution in [-0.4, -0.2) is 57.7 Å². The Hall–Kier alpha value is -0.0900. The fraction of sp³-hybridized carbons (Fsp3) is 1.00. The molecule has 0 amide bonds. The molecule has 1 fully saturated rings. The summed E-state index contributed by atoms with van der Waals surface area (Å²) in [4.78, 5) is 20.7. The summed E-state index contributed by atoms with van der Waals surface area (Å²) < 4.78 is 18.9. The van der Waals surface area contributed by atoms with E-state index in [-0.39, 0.29) is 0 Å². The highest BCUT2D eigenvalue weighted by molar-refractivity contribution is 7.43. The Morgan fingerprint density at radius 2 is 2.00 bits per heavy atom. The number of phosphoric acid groups is 1. The van der Waals surface area contributed by atoms with Crippen molar-refractivity contribution in [1.29, 1.82) is 0 Å². The quantitative estimate of drug-likeness (QED) is 0.365. The van der Waals surface area contributed by atoms with Crippen molar-refractivity contribution in [3.8, 4) is 0 Å². The molecule has 1 saturated heterocycles. The van der Waals surface area contributed by atoms with E-state index in [9.17, 15) is 24.6 Å². The third-order valence-electron chi connectivity index (χ3n) is 2.14. The van der Waals surface area contributed by atoms with Crippen LogP contribution in [0.15, 0.2) is 0 Å². The highest BCUT2D eigenvalue weighted by atomic mass is 31.2. The summed E-state index contributed by atoms with van der Waals surface area (Å²) in [6.07, 6.45) is -5.08. The van der Waals surface area contributed by atoms with Crippen molar-refractivity contribution in [2.45, 2.75) is 24.1 Å². The largest absolute Gasteiger partial charge is 0.790 e. The summed E-state index contributed by atoms with van der Waals surface area (Å²) in [5.74, 6) is -2.54. The molecule has 0 saturated carbocycles. The minimum absolute atomic E-state index is 0.745. The Bertz CT molecular complexity index is 290. The molecule has 9 nitrogen and oxygen atoms in total. The van der Waals surface area contributed by atoms with Gasteiger partial charge in [-0.2, -0.15) is 0 Å². The molecule has 1 rings (SSSR count). The van der Waals surface area contributed by atoms with Crippen molar-refractivity contribution in [3.05, 3.63) is 0 Å². The van der Waals surface area contributed by atoms with E-state index in [0.29, 0.717) is 0 Å². The summed E-state index contributed by atoms with van der Waals surface area (Å²) in [6, 6.07) is 0. The number of aliphatic hydroxyl groups is 4. The molecule has 1 unspecified atom stereocenters. The maximum atomic E-state index is 10.4. The predicted octanol–water partition coefficient (Wildman–Crippen LogP) is -4.37. The Labute approximate surface area is 90.1 Å². The first kappa shape index (κ1) is 14.0. The van der Waals surface area contributed by atoms with Gasteiger partial charge in [0.1, 0.15) is 18.3 Å². The number of ether oxygens (including phenoxy) is 1. The second kappa shape index (κ2) is 4.65. The highest BCUT2D eigenvalue weighted by Crippen LogP contribution is 2.39. The van der Waals surface area contributed by atoms with Gasteiger partial charge in [0, 0.05) is 0 Å². The van der Waals surface area contributed by atoms with Gasteiger partial charge in [0.2, 0.25) is 5.79 Å². The van der Waals surface area contributed by atoms with Gasteiger partial charge in [0.05, 0.1) is 21.0 Å². The molecule has 0 bridgehead atoms. The molecule has 1 aliphatic heterocycles. The third-order valence-corrected chi connectivity index (χ3v) is 2.63. The van der Waals surface area contributed by atoms with Crippen molar-refractivity contribution in [2.75, 3.05) is 13.2 Å². The van der Waals surface area contributed by atoms with Crippen LogP contribution >= 0.6 is 7.82 Å². The molecule has 4 N–H and O–H groups in total. The van der Waals surface area contributed by atoms with Crippen molar-refractivity contribution in [3.63, 3.8) is 0 Å². The first-order valence-electron chi connectivity index (χ1n) is 4.24. The van der Waals surface area contributed by atoms with E-state index in [4.69, 9.17) is 10.2 Å². The van der Waals surface area contributed by atoms with E-state index in [1.54, 1.807) is 0 Å². The Morgan fingerprint density at radius 3 is 2.38 bits per heavy atom. The molecule has 4 atom stereocenters. The first-order chi connectivity index (χ1) is 7.23. The second-order valence-electron chi connectivity index (χ2n) is 3.31. The molecule has 10 heteroatoms. The number of aliphatic hydroxyl groups excluding tert-OH is 3. The lowest BCUT2D eigenvalue weighted by atomic mass is 10.1. The molecule has 96 valence electrons. The average molecular weight is 258 g/mol. The number of hydrogen-bond acceptors (Lipinski definition) is 9. The lowest BCUT2D eigenvalue weighted by molar-refractivity contribution is -0.354. The number of rotatable bonds is 4. The second-order valence-corrected chi connectivity index (χ2v) is 4.41. The molecule has 0 aromatic rings. The molecule has 0 aliphatic carbocycles. The first-order valence-corrected chi connectivity index (χ1v) is 5.70. The predicted molar refractivity (Wildman–Crippen MR) is 42.5 cm³/mol. The van der Waals surface area contributed by atoms with Gasteiger partial charge >= 0.3 is 0 Å². The van der Waals surface area contributed by atoms with E-state index in [0.717, 1.165) is 0 Å². The topological polar surface area (TPSA) is 163 Å². The van der Waals surface area contributed by atoms with Gasteiger partial charge in [-0.3, -0.25) is 0 Å². The standard InChI is InChI=1S/C6H13O9P/c7-1-3-4(9)5(15-16(11,12)13)6(10,2-8)14-3/h3-5,7-10H,1-2H2,(H2,11,12,13)/p-2/t3-,4-,5+,6?/m1/s1. The van der Waals surface area contributed by atoms with Crippen LogP contribution in [0.5, 0.6) is 0 Å².